The molecule has 11 heteroatoms. The van der Waals surface area contributed by atoms with E-state index in [1.54, 1.807) is 62.6 Å². The van der Waals surface area contributed by atoms with Crippen molar-refractivity contribution < 1.29 is 18.1 Å². The van der Waals surface area contributed by atoms with Gasteiger partial charge in [-0.3, -0.25) is 0 Å². The van der Waals surface area contributed by atoms with Crippen molar-refractivity contribution in [1.29, 1.82) is 5.26 Å². The normalized spacial score (nSPS) is 12.3. The highest BCUT2D eigenvalue weighted by atomic mass is 32.2. The lowest BCUT2D eigenvalue weighted by Crippen LogP contribution is -2.20. The molecule has 2 N–H and O–H groups in total. The zero-order valence-corrected chi connectivity index (χ0v) is 20.0. The van der Waals surface area contributed by atoms with Crippen molar-refractivity contribution in [2.45, 2.75) is 12.2 Å². The van der Waals surface area contributed by atoms with Crippen LogP contribution in [0.15, 0.2) is 67.0 Å². The Morgan fingerprint density at radius 3 is 2.53 bits per heavy atom. The third kappa shape index (κ3) is 5.35. The number of nitrogens with one attached hydrogen (secondary N) is 2. The number of anilines is 2. The van der Waals surface area contributed by atoms with E-state index in [0.29, 0.717) is 28.3 Å². The van der Waals surface area contributed by atoms with Gasteiger partial charge in [0.2, 0.25) is 17.6 Å². The molecule has 2 unspecified atom stereocenters. The maximum atomic E-state index is 14.9. The molecule has 0 saturated heterocycles. The van der Waals surface area contributed by atoms with Crippen molar-refractivity contribution in [3.63, 3.8) is 0 Å². The van der Waals surface area contributed by atoms with Gasteiger partial charge < -0.3 is 14.6 Å². The molecule has 0 aliphatic carbocycles. The Hall–Kier alpha value is -4.27. The fourth-order valence-electron chi connectivity index (χ4n) is 3.24. The van der Waals surface area contributed by atoms with Gasteiger partial charge in [-0.1, -0.05) is 12.1 Å². The SMILES string of the molecule is CNc1nccc(-c2cccnc2Oc2ccc(N[S+]([O-])C(C)c3ccc(C#N)cc3)c(F)c2F)n1. The molecule has 8 nitrogen and oxygen atoms in total. The number of aromatic nitrogens is 3. The molecule has 0 bridgehead atoms. The van der Waals surface area contributed by atoms with E-state index in [0.717, 1.165) is 0 Å². The van der Waals surface area contributed by atoms with Crippen molar-refractivity contribution >= 4 is 23.0 Å². The molecule has 4 aromatic rings. The van der Waals surface area contributed by atoms with Gasteiger partial charge in [0, 0.05) is 25.0 Å². The van der Waals surface area contributed by atoms with Gasteiger partial charge in [0.1, 0.15) is 5.69 Å². The van der Waals surface area contributed by atoms with E-state index in [4.69, 9.17) is 10.00 Å². The summed E-state index contributed by atoms with van der Waals surface area (Å²) >= 11 is -1.78. The van der Waals surface area contributed by atoms with E-state index in [1.807, 2.05) is 6.07 Å². The first-order valence-electron chi connectivity index (χ1n) is 10.7. The van der Waals surface area contributed by atoms with Gasteiger partial charge in [-0.25, -0.2) is 24.1 Å². The van der Waals surface area contributed by atoms with Gasteiger partial charge in [-0.05, 0) is 49.4 Å². The van der Waals surface area contributed by atoms with E-state index in [2.05, 4.69) is 25.0 Å². The zero-order valence-electron chi connectivity index (χ0n) is 19.2. The number of pyridine rings is 1. The van der Waals surface area contributed by atoms with E-state index >= 15 is 0 Å². The molecule has 4 rings (SSSR count). The van der Waals surface area contributed by atoms with E-state index in [1.165, 1.54) is 18.3 Å². The number of benzene rings is 2. The van der Waals surface area contributed by atoms with E-state index in [-0.39, 0.29) is 11.6 Å². The van der Waals surface area contributed by atoms with Crippen LogP contribution in [0.3, 0.4) is 0 Å². The van der Waals surface area contributed by atoms with Gasteiger partial charge in [0.25, 0.3) is 0 Å². The van der Waals surface area contributed by atoms with E-state index in [9.17, 15) is 13.3 Å². The van der Waals surface area contributed by atoms with Crippen molar-refractivity contribution in [2.24, 2.45) is 0 Å². The maximum absolute atomic E-state index is 14.9. The van der Waals surface area contributed by atoms with Crippen LogP contribution in [0, 0.1) is 23.0 Å². The van der Waals surface area contributed by atoms with Crippen LogP contribution >= 0.6 is 0 Å². The quantitative estimate of drug-likeness (QED) is 0.307. The lowest BCUT2D eigenvalue weighted by atomic mass is 10.1. The Balaban J connectivity index is 1.54. The smallest absolute Gasteiger partial charge is 0.228 e. The van der Waals surface area contributed by atoms with Crippen LogP contribution in [0.25, 0.3) is 11.3 Å². The minimum absolute atomic E-state index is 0.0234. The van der Waals surface area contributed by atoms with Gasteiger partial charge in [0.05, 0.1) is 34.3 Å². The Morgan fingerprint density at radius 2 is 1.81 bits per heavy atom. The summed E-state index contributed by atoms with van der Waals surface area (Å²) in [6.45, 7) is 1.67. The van der Waals surface area contributed by atoms with E-state index < -0.39 is 34.0 Å². The summed E-state index contributed by atoms with van der Waals surface area (Å²) in [5, 5.41) is 11.2. The fraction of sp³-hybridized carbons (Fsp3) is 0.120. The second-order valence-corrected chi connectivity index (χ2v) is 8.99. The van der Waals surface area contributed by atoms with Crippen molar-refractivity contribution in [3.05, 3.63) is 89.8 Å². The fourth-order valence-corrected chi connectivity index (χ4v) is 4.19. The van der Waals surface area contributed by atoms with Gasteiger partial charge in [0.15, 0.2) is 16.8 Å². The molecule has 182 valence electrons. The summed E-state index contributed by atoms with van der Waals surface area (Å²) in [5.41, 5.74) is 1.79. The lowest BCUT2D eigenvalue weighted by molar-refractivity contribution is 0.407. The summed E-state index contributed by atoms with van der Waals surface area (Å²) in [7, 11) is 1.67. The van der Waals surface area contributed by atoms with Crippen molar-refractivity contribution in [1.82, 2.24) is 15.0 Å². The molecular weight excluding hydrogens is 486 g/mol. The molecular formula is C25H20F2N6O2S. The highest BCUT2D eigenvalue weighted by molar-refractivity contribution is 7.92. The predicted molar refractivity (Wildman–Crippen MR) is 133 cm³/mol. The van der Waals surface area contributed by atoms with Crippen LogP contribution in [0.5, 0.6) is 11.6 Å². The van der Waals surface area contributed by atoms with Crippen molar-refractivity contribution in [2.75, 3.05) is 17.1 Å². The van der Waals surface area contributed by atoms with Crippen LogP contribution < -0.4 is 14.8 Å². The summed E-state index contributed by atoms with van der Waals surface area (Å²) in [5.74, 6) is -2.51. The van der Waals surface area contributed by atoms with Gasteiger partial charge >= 0.3 is 0 Å². The highest BCUT2D eigenvalue weighted by Crippen LogP contribution is 2.35. The maximum Gasteiger partial charge on any atom is 0.228 e. The summed E-state index contributed by atoms with van der Waals surface area (Å²) in [6, 6.07) is 16.0. The average Bonchev–Trinajstić information content (AvgIpc) is 2.92. The van der Waals surface area contributed by atoms with Crippen LogP contribution in [-0.2, 0) is 11.4 Å². The van der Waals surface area contributed by atoms with Crippen LogP contribution in [0.1, 0.15) is 23.3 Å². The number of hydrogen-bond donors (Lipinski definition) is 2. The number of rotatable bonds is 8. The Labute approximate surface area is 209 Å². The highest BCUT2D eigenvalue weighted by Gasteiger charge is 2.24. The minimum Gasteiger partial charge on any atom is -0.593 e. The first-order valence-corrected chi connectivity index (χ1v) is 11.9. The van der Waals surface area contributed by atoms with Crippen LogP contribution in [0.2, 0.25) is 0 Å². The standard InChI is InChI=1S/C25H20F2N6O2S/c1-15(17-7-5-16(14-28)6-8-17)36(34)33-20-9-10-21(23(27)22(20)26)35-24-18(4-3-12-30-24)19-11-13-31-25(29-2)32-19/h3-13,15,33H,1-2H3,(H,29,31,32). The van der Waals surface area contributed by atoms with Crippen LogP contribution in [-0.4, -0.2) is 26.6 Å². The van der Waals surface area contributed by atoms with Crippen molar-refractivity contribution in [3.8, 4) is 29.0 Å². The first kappa shape index (κ1) is 24.8. The summed E-state index contributed by atoms with van der Waals surface area (Å²) < 4.78 is 50.7. The summed E-state index contributed by atoms with van der Waals surface area (Å²) in [4.78, 5) is 12.5. The second-order valence-electron chi connectivity index (χ2n) is 7.49. The molecule has 0 saturated carbocycles. The number of hydrogen-bond acceptors (Lipinski definition) is 8. The third-order valence-corrected chi connectivity index (χ3v) is 6.56. The molecule has 0 aliphatic rings. The minimum atomic E-state index is -1.78. The molecule has 0 spiro atoms. The molecule has 0 fully saturated rings. The third-order valence-electron chi connectivity index (χ3n) is 5.22. The topological polar surface area (TPSA) is 119 Å². The molecule has 2 heterocycles. The summed E-state index contributed by atoms with van der Waals surface area (Å²) in [6.07, 6.45) is 3.00. The molecule has 0 amide bonds. The number of nitrogens with zero attached hydrogens (tertiary/aromatic N) is 4. The molecule has 36 heavy (non-hydrogen) atoms. The monoisotopic (exact) mass is 506 g/mol. The average molecular weight is 507 g/mol. The molecule has 0 aliphatic heterocycles. The molecule has 2 aromatic carbocycles. The predicted octanol–water partition coefficient (Wildman–Crippen LogP) is 5.36. The number of nitriles is 1. The zero-order chi connectivity index (χ0) is 25.7. The van der Waals surface area contributed by atoms with Gasteiger partial charge in [-0.15, -0.1) is 0 Å². The molecule has 2 aromatic heterocycles. The van der Waals surface area contributed by atoms with Crippen LogP contribution in [0.4, 0.5) is 20.4 Å². The Kier molecular flexibility index (Phi) is 7.58. The molecule has 0 radical (unpaired) electrons. The second kappa shape index (κ2) is 11.0. The largest absolute Gasteiger partial charge is 0.593 e. The Bertz CT molecular complexity index is 1410. The first-order chi connectivity index (χ1) is 17.4. The number of ether oxygens (including phenoxy) is 1. The lowest BCUT2D eigenvalue weighted by Gasteiger charge is -2.19. The van der Waals surface area contributed by atoms with Gasteiger partial charge in [-0.2, -0.15) is 9.65 Å². The number of halogens is 2. The molecule has 2 atom stereocenters. The Morgan fingerprint density at radius 1 is 1.03 bits per heavy atom.